The third-order valence-corrected chi connectivity index (χ3v) is 3.76. The van der Waals surface area contributed by atoms with Crippen LogP contribution in [0.15, 0.2) is 24.3 Å². The van der Waals surface area contributed by atoms with Gasteiger partial charge < -0.3 is 10.2 Å². The molecule has 1 aliphatic rings. The zero-order chi connectivity index (χ0) is 15.5. The van der Waals surface area contributed by atoms with Crippen molar-refractivity contribution in [3.8, 4) is 0 Å². The van der Waals surface area contributed by atoms with Crippen LogP contribution in [0.5, 0.6) is 0 Å². The van der Waals surface area contributed by atoms with E-state index in [0.717, 1.165) is 31.4 Å². The Morgan fingerprint density at radius 3 is 2.81 bits per heavy atom. The second-order valence-corrected chi connectivity index (χ2v) is 5.28. The Labute approximate surface area is 122 Å². The van der Waals surface area contributed by atoms with Crippen LogP contribution in [0.2, 0.25) is 0 Å². The molecule has 3 nitrogen and oxygen atoms in total. The number of likely N-dealkylation sites (tertiary alicyclic amines) is 1. The highest BCUT2D eigenvalue weighted by atomic mass is 19.4. The minimum Gasteiger partial charge on any atom is -0.334 e. The summed E-state index contributed by atoms with van der Waals surface area (Å²) in [5.74, 6) is -0.318. The molecule has 21 heavy (non-hydrogen) atoms. The fourth-order valence-corrected chi connectivity index (χ4v) is 2.71. The molecular weight excluding hydrogens is 281 g/mol. The SMILES string of the molecule is CNCC1CCCCN1C(=O)c1cccc(C(F)(F)F)c1. The molecule has 1 saturated heterocycles. The maximum Gasteiger partial charge on any atom is 0.416 e. The first-order chi connectivity index (χ1) is 9.93. The summed E-state index contributed by atoms with van der Waals surface area (Å²) in [4.78, 5) is 14.2. The van der Waals surface area contributed by atoms with Gasteiger partial charge in [-0.25, -0.2) is 0 Å². The van der Waals surface area contributed by atoms with Gasteiger partial charge in [0.25, 0.3) is 5.91 Å². The van der Waals surface area contributed by atoms with Gasteiger partial charge in [0.1, 0.15) is 0 Å². The Balaban J connectivity index is 2.22. The number of amides is 1. The summed E-state index contributed by atoms with van der Waals surface area (Å²) in [5, 5.41) is 3.04. The lowest BCUT2D eigenvalue weighted by Crippen LogP contribution is -2.48. The van der Waals surface area contributed by atoms with E-state index in [-0.39, 0.29) is 17.5 Å². The molecule has 1 amide bonds. The molecule has 6 heteroatoms. The van der Waals surface area contributed by atoms with Gasteiger partial charge in [-0.3, -0.25) is 4.79 Å². The minimum atomic E-state index is -4.43. The van der Waals surface area contributed by atoms with Crippen LogP contribution in [-0.2, 0) is 6.18 Å². The number of hydrogen-bond donors (Lipinski definition) is 1. The van der Waals surface area contributed by atoms with Crippen molar-refractivity contribution in [2.75, 3.05) is 20.1 Å². The fourth-order valence-electron chi connectivity index (χ4n) is 2.71. The number of carbonyl (C=O) groups excluding carboxylic acids is 1. The van der Waals surface area contributed by atoms with Crippen LogP contribution < -0.4 is 5.32 Å². The number of carbonyl (C=O) groups is 1. The molecule has 1 heterocycles. The lowest BCUT2D eigenvalue weighted by molar-refractivity contribution is -0.137. The van der Waals surface area contributed by atoms with Crippen LogP contribution in [0, 0.1) is 0 Å². The van der Waals surface area contributed by atoms with Crippen molar-refractivity contribution in [3.63, 3.8) is 0 Å². The van der Waals surface area contributed by atoms with Crippen LogP contribution in [0.25, 0.3) is 0 Å². The van der Waals surface area contributed by atoms with Gasteiger partial charge in [0, 0.05) is 24.7 Å². The Hall–Kier alpha value is -1.56. The van der Waals surface area contributed by atoms with E-state index in [1.54, 1.807) is 4.90 Å². The average Bonchev–Trinajstić information content (AvgIpc) is 2.47. The molecule has 1 aliphatic heterocycles. The zero-order valence-electron chi connectivity index (χ0n) is 11.9. The van der Waals surface area contributed by atoms with E-state index in [2.05, 4.69) is 5.32 Å². The normalized spacial score (nSPS) is 19.6. The highest BCUT2D eigenvalue weighted by molar-refractivity contribution is 5.94. The van der Waals surface area contributed by atoms with Crippen molar-refractivity contribution in [1.82, 2.24) is 10.2 Å². The predicted octanol–water partition coefficient (Wildman–Crippen LogP) is 2.92. The summed E-state index contributed by atoms with van der Waals surface area (Å²) in [6.45, 7) is 1.26. The number of benzene rings is 1. The van der Waals surface area contributed by atoms with E-state index in [4.69, 9.17) is 0 Å². The number of halogens is 3. The molecule has 1 atom stereocenters. The van der Waals surface area contributed by atoms with Crippen molar-refractivity contribution in [1.29, 1.82) is 0 Å². The molecular formula is C15H19F3N2O. The molecule has 0 radical (unpaired) electrons. The van der Waals surface area contributed by atoms with Crippen LogP contribution in [0.1, 0.15) is 35.2 Å². The van der Waals surface area contributed by atoms with E-state index >= 15 is 0 Å². The van der Waals surface area contributed by atoms with Crippen molar-refractivity contribution in [3.05, 3.63) is 35.4 Å². The number of rotatable bonds is 3. The van der Waals surface area contributed by atoms with Gasteiger partial charge in [0.15, 0.2) is 0 Å². The van der Waals surface area contributed by atoms with Gasteiger partial charge in [-0.1, -0.05) is 6.07 Å². The highest BCUT2D eigenvalue weighted by Crippen LogP contribution is 2.30. The van der Waals surface area contributed by atoms with Gasteiger partial charge in [0.05, 0.1) is 5.56 Å². The van der Waals surface area contributed by atoms with Gasteiger partial charge in [-0.05, 0) is 44.5 Å². The summed E-state index contributed by atoms with van der Waals surface area (Å²) in [6.07, 6.45) is -1.61. The molecule has 0 spiro atoms. The summed E-state index contributed by atoms with van der Waals surface area (Å²) in [7, 11) is 1.81. The summed E-state index contributed by atoms with van der Waals surface area (Å²) in [5.41, 5.74) is -0.677. The fraction of sp³-hybridized carbons (Fsp3) is 0.533. The first-order valence-corrected chi connectivity index (χ1v) is 7.06. The number of likely N-dealkylation sites (N-methyl/N-ethyl adjacent to an activating group) is 1. The van der Waals surface area contributed by atoms with Crippen molar-refractivity contribution in [2.24, 2.45) is 0 Å². The molecule has 0 bridgehead atoms. The number of piperidine rings is 1. The smallest absolute Gasteiger partial charge is 0.334 e. The second kappa shape index (κ2) is 6.47. The van der Waals surface area contributed by atoms with E-state index < -0.39 is 11.7 Å². The third kappa shape index (κ3) is 3.75. The molecule has 0 aliphatic carbocycles. The summed E-state index contributed by atoms with van der Waals surface area (Å²) in [6, 6.07) is 4.70. The maximum atomic E-state index is 12.7. The monoisotopic (exact) mass is 300 g/mol. The predicted molar refractivity (Wildman–Crippen MR) is 74.0 cm³/mol. The second-order valence-electron chi connectivity index (χ2n) is 5.28. The summed E-state index contributed by atoms with van der Waals surface area (Å²) >= 11 is 0. The molecule has 0 saturated carbocycles. The van der Waals surface area contributed by atoms with Crippen molar-refractivity contribution < 1.29 is 18.0 Å². The van der Waals surface area contributed by atoms with Gasteiger partial charge >= 0.3 is 6.18 Å². The molecule has 1 fully saturated rings. The summed E-state index contributed by atoms with van der Waals surface area (Å²) < 4.78 is 38.2. The van der Waals surface area contributed by atoms with Crippen LogP contribution in [-0.4, -0.2) is 37.0 Å². The first kappa shape index (κ1) is 15.8. The molecule has 116 valence electrons. The van der Waals surface area contributed by atoms with E-state index in [1.807, 2.05) is 7.05 Å². The van der Waals surface area contributed by atoms with Crippen LogP contribution in [0.3, 0.4) is 0 Å². The van der Waals surface area contributed by atoms with Crippen molar-refractivity contribution in [2.45, 2.75) is 31.5 Å². The van der Waals surface area contributed by atoms with Crippen LogP contribution in [0.4, 0.5) is 13.2 Å². The highest BCUT2D eigenvalue weighted by Gasteiger charge is 2.32. The molecule has 1 aromatic rings. The molecule has 0 aromatic heterocycles. The standard InChI is InChI=1S/C15H19F3N2O/c1-19-10-13-7-2-3-8-20(13)14(21)11-5-4-6-12(9-11)15(16,17)18/h4-6,9,13,19H,2-3,7-8,10H2,1H3. The Morgan fingerprint density at radius 2 is 2.14 bits per heavy atom. The molecule has 1 aromatic carbocycles. The first-order valence-electron chi connectivity index (χ1n) is 7.06. The van der Waals surface area contributed by atoms with E-state index in [1.165, 1.54) is 12.1 Å². The van der Waals surface area contributed by atoms with Gasteiger partial charge in [0.2, 0.25) is 0 Å². The van der Waals surface area contributed by atoms with Gasteiger partial charge in [-0.2, -0.15) is 13.2 Å². The number of hydrogen-bond acceptors (Lipinski definition) is 2. The average molecular weight is 300 g/mol. The topological polar surface area (TPSA) is 32.3 Å². The zero-order valence-corrected chi connectivity index (χ0v) is 11.9. The van der Waals surface area contributed by atoms with E-state index in [9.17, 15) is 18.0 Å². The number of alkyl halides is 3. The lowest BCUT2D eigenvalue weighted by Gasteiger charge is -2.36. The Bertz CT molecular complexity index is 500. The van der Waals surface area contributed by atoms with Gasteiger partial charge in [-0.15, -0.1) is 0 Å². The third-order valence-electron chi connectivity index (χ3n) is 3.76. The van der Waals surface area contributed by atoms with Crippen molar-refractivity contribution >= 4 is 5.91 Å². The van der Waals surface area contributed by atoms with Crippen LogP contribution >= 0.6 is 0 Å². The Kier molecular flexibility index (Phi) is 4.88. The number of nitrogens with one attached hydrogen (secondary N) is 1. The molecule has 1 unspecified atom stereocenters. The maximum absolute atomic E-state index is 12.7. The Morgan fingerprint density at radius 1 is 1.38 bits per heavy atom. The number of nitrogens with zero attached hydrogens (tertiary/aromatic N) is 1. The largest absolute Gasteiger partial charge is 0.416 e. The molecule has 2 rings (SSSR count). The minimum absolute atomic E-state index is 0.0470. The molecule has 1 N–H and O–H groups in total. The lowest BCUT2D eigenvalue weighted by atomic mass is 10.00. The quantitative estimate of drug-likeness (QED) is 0.931. The van der Waals surface area contributed by atoms with E-state index in [0.29, 0.717) is 13.1 Å².